The van der Waals surface area contributed by atoms with Crippen LogP contribution in [0, 0.1) is 6.92 Å². The predicted molar refractivity (Wildman–Crippen MR) is 41.7 cm³/mol. The van der Waals surface area contributed by atoms with E-state index < -0.39 is 11.7 Å². The zero-order valence-corrected chi connectivity index (χ0v) is 7.70. The van der Waals surface area contributed by atoms with Crippen molar-refractivity contribution in [2.24, 2.45) is 0 Å². The Kier molecular flexibility index (Phi) is 2.41. The zero-order chi connectivity index (χ0) is 9.35. The molecule has 0 unspecified atom stereocenters. The van der Waals surface area contributed by atoms with E-state index in [2.05, 4.69) is 20.9 Å². The molecule has 12 heavy (non-hydrogen) atoms. The lowest BCUT2D eigenvalue weighted by Gasteiger charge is -2.06. The maximum absolute atomic E-state index is 12.0. The minimum atomic E-state index is -4.32. The van der Waals surface area contributed by atoms with E-state index in [4.69, 9.17) is 0 Å². The Labute approximate surface area is 75.7 Å². The fourth-order valence-corrected chi connectivity index (χ4v) is 1.01. The van der Waals surface area contributed by atoms with Crippen LogP contribution in [-0.4, -0.2) is 4.98 Å². The van der Waals surface area contributed by atoms with Crippen LogP contribution in [0.5, 0.6) is 0 Å². The molecule has 0 saturated carbocycles. The third kappa shape index (κ3) is 1.97. The quantitative estimate of drug-likeness (QED) is 0.678. The molecule has 0 N–H and O–H groups in total. The minimum Gasteiger partial charge on any atom is -0.260 e. The van der Waals surface area contributed by atoms with Gasteiger partial charge in [-0.25, -0.2) is 0 Å². The Morgan fingerprint density at radius 2 is 2.00 bits per heavy atom. The molecule has 0 aromatic carbocycles. The van der Waals surface area contributed by atoms with Crippen molar-refractivity contribution < 1.29 is 13.2 Å². The molecule has 1 rings (SSSR count). The van der Waals surface area contributed by atoms with Gasteiger partial charge in [0.2, 0.25) is 0 Å². The van der Waals surface area contributed by atoms with Gasteiger partial charge in [-0.05, 0) is 28.9 Å². The highest BCUT2D eigenvalue weighted by atomic mass is 79.9. The summed E-state index contributed by atoms with van der Waals surface area (Å²) in [5.41, 5.74) is -0.192. The molecule has 0 aliphatic carbocycles. The molecule has 0 fully saturated rings. The topological polar surface area (TPSA) is 12.9 Å². The molecule has 5 heteroatoms. The number of halogens is 4. The first kappa shape index (κ1) is 9.51. The normalized spacial score (nSPS) is 11.8. The summed E-state index contributed by atoms with van der Waals surface area (Å²) in [7, 11) is 0. The summed E-state index contributed by atoms with van der Waals surface area (Å²) in [6.07, 6.45) is -3.50. The number of aryl methyl sites for hydroxylation is 1. The lowest BCUT2D eigenvalue weighted by Crippen LogP contribution is -2.05. The minimum absolute atomic E-state index is 0.373. The van der Waals surface area contributed by atoms with Crippen LogP contribution in [0.3, 0.4) is 0 Å². The third-order valence-electron chi connectivity index (χ3n) is 1.35. The second kappa shape index (κ2) is 3.05. The highest BCUT2D eigenvalue weighted by Gasteiger charge is 2.31. The van der Waals surface area contributed by atoms with Crippen molar-refractivity contribution in [2.45, 2.75) is 13.1 Å². The average molecular weight is 240 g/mol. The van der Waals surface area contributed by atoms with Crippen LogP contribution < -0.4 is 0 Å². The van der Waals surface area contributed by atoms with Gasteiger partial charge in [0.25, 0.3) is 0 Å². The number of pyridine rings is 1. The summed E-state index contributed by atoms with van der Waals surface area (Å²) in [6, 6.07) is 1.02. The maximum atomic E-state index is 12.0. The van der Waals surface area contributed by atoms with Crippen molar-refractivity contribution in [3.05, 3.63) is 28.0 Å². The average Bonchev–Trinajstić information content (AvgIpc) is 1.92. The molecular weight excluding hydrogens is 235 g/mol. The van der Waals surface area contributed by atoms with Crippen LogP contribution in [0.25, 0.3) is 0 Å². The van der Waals surface area contributed by atoms with Crippen molar-refractivity contribution in [1.29, 1.82) is 0 Å². The van der Waals surface area contributed by atoms with Crippen LogP contribution in [0.2, 0.25) is 0 Å². The number of rotatable bonds is 0. The van der Waals surface area contributed by atoms with E-state index in [9.17, 15) is 13.2 Å². The van der Waals surface area contributed by atoms with Crippen LogP contribution in [0.15, 0.2) is 16.7 Å². The van der Waals surface area contributed by atoms with E-state index in [1.165, 1.54) is 0 Å². The Hall–Kier alpha value is -0.580. The molecule has 1 aromatic rings. The third-order valence-corrected chi connectivity index (χ3v) is 2.16. The van der Waals surface area contributed by atoms with Crippen LogP contribution in [0.4, 0.5) is 13.2 Å². The molecule has 1 aromatic heterocycles. The molecular formula is C7H5BrF3N. The van der Waals surface area contributed by atoms with Gasteiger partial charge in [-0.3, -0.25) is 4.98 Å². The van der Waals surface area contributed by atoms with Gasteiger partial charge >= 0.3 is 6.18 Å². The summed E-state index contributed by atoms with van der Waals surface area (Å²) in [4.78, 5) is 3.58. The highest BCUT2D eigenvalue weighted by molar-refractivity contribution is 9.10. The Morgan fingerprint density at radius 3 is 2.42 bits per heavy atom. The van der Waals surface area contributed by atoms with Crippen LogP contribution in [0.1, 0.15) is 11.3 Å². The number of hydrogen-bond acceptors (Lipinski definition) is 1. The van der Waals surface area contributed by atoms with Crippen molar-refractivity contribution in [1.82, 2.24) is 4.98 Å². The van der Waals surface area contributed by atoms with Gasteiger partial charge in [-0.2, -0.15) is 13.2 Å². The van der Waals surface area contributed by atoms with E-state index in [0.29, 0.717) is 10.2 Å². The molecule has 0 atom stereocenters. The first-order chi connectivity index (χ1) is 5.41. The maximum Gasteiger partial charge on any atom is 0.417 e. The number of hydrogen-bond donors (Lipinski definition) is 0. The molecule has 1 heterocycles. The lowest BCUT2D eigenvalue weighted by atomic mass is 10.2. The lowest BCUT2D eigenvalue weighted by molar-refractivity contribution is -0.137. The largest absolute Gasteiger partial charge is 0.417 e. The van der Waals surface area contributed by atoms with Gasteiger partial charge in [-0.1, -0.05) is 0 Å². The smallest absolute Gasteiger partial charge is 0.260 e. The summed E-state index contributed by atoms with van der Waals surface area (Å²) in [6.45, 7) is 1.63. The molecule has 0 aliphatic rings. The monoisotopic (exact) mass is 239 g/mol. The summed E-state index contributed by atoms with van der Waals surface area (Å²) in [5, 5.41) is 0. The van der Waals surface area contributed by atoms with Gasteiger partial charge < -0.3 is 0 Å². The number of aromatic nitrogens is 1. The van der Waals surface area contributed by atoms with E-state index in [0.717, 1.165) is 12.3 Å². The van der Waals surface area contributed by atoms with Gasteiger partial charge in [0.15, 0.2) is 0 Å². The molecule has 66 valence electrons. The SMILES string of the molecule is Cc1ncc(C(F)(F)F)cc1Br. The Bertz CT molecular complexity index is 295. The van der Waals surface area contributed by atoms with Crippen molar-refractivity contribution in [3.63, 3.8) is 0 Å². The van der Waals surface area contributed by atoms with Gasteiger partial charge in [0.05, 0.1) is 11.3 Å². The van der Waals surface area contributed by atoms with E-state index in [1.807, 2.05) is 0 Å². The first-order valence-corrected chi connectivity index (χ1v) is 3.90. The highest BCUT2D eigenvalue weighted by Crippen LogP contribution is 2.30. The fraction of sp³-hybridized carbons (Fsp3) is 0.286. The first-order valence-electron chi connectivity index (χ1n) is 3.10. The van der Waals surface area contributed by atoms with Crippen molar-refractivity contribution >= 4 is 15.9 Å². The van der Waals surface area contributed by atoms with E-state index >= 15 is 0 Å². The second-order valence-corrected chi connectivity index (χ2v) is 3.14. The Balaban J connectivity index is 3.14. The summed E-state index contributed by atoms with van der Waals surface area (Å²) < 4.78 is 36.5. The Morgan fingerprint density at radius 1 is 1.42 bits per heavy atom. The number of nitrogens with zero attached hydrogens (tertiary/aromatic N) is 1. The van der Waals surface area contributed by atoms with Crippen molar-refractivity contribution in [2.75, 3.05) is 0 Å². The number of alkyl halides is 3. The van der Waals surface area contributed by atoms with E-state index in [-0.39, 0.29) is 0 Å². The molecule has 0 aliphatic heterocycles. The van der Waals surface area contributed by atoms with Gasteiger partial charge in [0, 0.05) is 10.7 Å². The zero-order valence-electron chi connectivity index (χ0n) is 6.11. The predicted octanol–water partition coefficient (Wildman–Crippen LogP) is 3.17. The van der Waals surface area contributed by atoms with Gasteiger partial charge in [0.1, 0.15) is 0 Å². The molecule has 1 nitrogen and oxygen atoms in total. The summed E-state index contributed by atoms with van der Waals surface area (Å²) in [5.74, 6) is 0. The molecule has 0 bridgehead atoms. The molecule has 0 amide bonds. The van der Waals surface area contributed by atoms with Crippen LogP contribution >= 0.6 is 15.9 Å². The van der Waals surface area contributed by atoms with Gasteiger partial charge in [-0.15, -0.1) is 0 Å². The molecule has 0 radical (unpaired) electrons. The van der Waals surface area contributed by atoms with Crippen molar-refractivity contribution in [3.8, 4) is 0 Å². The fourth-order valence-electron chi connectivity index (χ4n) is 0.661. The second-order valence-electron chi connectivity index (χ2n) is 2.29. The standard InChI is InChI=1S/C7H5BrF3N/c1-4-6(8)2-5(3-12-4)7(9,10)11/h2-3H,1H3. The molecule has 0 saturated heterocycles. The summed E-state index contributed by atoms with van der Waals surface area (Å²) >= 11 is 2.98. The van der Waals surface area contributed by atoms with E-state index in [1.54, 1.807) is 6.92 Å². The molecule has 0 spiro atoms. The van der Waals surface area contributed by atoms with Crippen LogP contribution in [-0.2, 0) is 6.18 Å².